The Morgan fingerprint density at radius 1 is 1.10 bits per heavy atom. The van der Waals surface area contributed by atoms with E-state index in [0.717, 1.165) is 16.4 Å². The molecule has 0 atom stereocenters. The summed E-state index contributed by atoms with van der Waals surface area (Å²) < 4.78 is 46.2. The highest BCUT2D eigenvalue weighted by Gasteiger charge is 2.32. The average Bonchev–Trinajstić information content (AvgIpc) is 2.73. The molecule has 0 radical (unpaired) electrons. The van der Waals surface area contributed by atoms with E-state index in [-0.39, 0.29) is 11.3 Å². The number of nitrogens with zero attached hydrogens (tertiary/aromatic N) is 2. The molecule has 0 aliphatic carbocycles. The van der Waals surface area contributed by atoms with Gasteiger partial charge >= 0.3 is 12.2 Å². The van der Waals surface area contributed by atoms with Crippen molar-refractivity contribution in [3.05, 3.63) is 53.6 Å². The Labute approximate surface area is 176 Å². The predicted octanol–water partition coefficient (Wildman–Crippen LogP) is 3.52. The van der Waals surface area contributed by atoms with Gasteiger partial charge < -0.3 is 20.7 Å². The van der Waals surface area contributed by atoms with Gasteiger partial charge in [-0.2, -0.15) is 13.2 Å². The lowest BCUT2D eigenvalue weighted by Gasteiger charge is -2.30. The Kier molecular flexibility index (Phi) is 6.42. The molecule has 0 aromatic heterocycles. The Hall–Kier alpha value is -2.92. The number of primary amides is 1. The number of thiol groups is 1. The molecule has 1 aliphatic rings. The summed E-state index contributed by atoms with van der Waals surface area (Å²) in [6, 6.07) is 8.31. The second-order valence-electron chi connectivity index (χ2n) is 6.52. The largest absolute Gasteiger partial charge is 0.416 e. The molecule has 0 saturated carbocycles. The van der Waals surface area contributed by atoms with E-state index < -0.39 is 23.7 Å². The van der Waals surface area contributed by atoms with Crippen molar-refractivity contribution in [2.24, 2.45) is 5.73 Å². The second kappa shape index (κ2) is 8.84. The summed E-state index contributed by atoms with van der Waals surface area (Å²) >= 11 is 4.10. The van der Waals surface area contributed by atoms with Crippen LogP contribution in [-0.2, 0) is 10.9 Å². The number of ether oxygens (including phenoxy) is 1. The van der Waals surface area contributed by atoms with Crippen LogP contribution in [0.5, 0.6) is 0 Å². The summed E-state index contributed by atoms with van der Waals surface area (Å²) in [5.74, 6) is -0.628. The number of urea groups is 1. The molecule has 30 heavy (non-hydrogen) atoms. The number of carbonyl (C=O) groups is 2. The number of halogens is 3. The Morgan fingerprint density at radius 3 is 2.30 bits per heavy atom. The van der Waals surface area contributed by atoms with E-state index in [2.05, 4.69) is 18.1 Å². The first kappa shape index (κ1) is 21.8. The van der Waals surface area contributed by atoms with Gasteiger partial charge in [-0.1, -0.05) is 12.8 Å². The number of benzene rings is 2. The number of hydrogen-bond donors (Lipinski definition) is 3. The highest BCUT2D eigenvalue weighted by molar-refractivity contribution is 7.82. The topological polar surface area (TPSA) is 87.9 Å². The lowest BCUT2D eigenvalue weighted by molar-refractivity contribution is -0.137. The van der Waals surface area contributed by atoms with E-state index in [1.807, 2.05) is 0 Å². The highest BCUT2D eigenvalue weighted by atomic mass is 32.1. The zero-order valence-electron chi connectivity index (χ0n) is 15.6. The van der Waals surface area contributed by atoms with Crippen molar-refractivity contribution in [3.63, 3.8) is 0 Å². The van der Waals surface area contributed by atoms with Crippen LogP contribution in [0.3, 0.4) is 0 Å². The number of morpholine rings is 1. The van der Waals surface area contributed by atoms with Crippen LogP contribution >= 0.6 is 12.8 Å². The molecule has 1 aliphatic heterocycles. The summed E-state index contributed by atoms with van der Waals surface area (Å²) in [6.07, 6.45) is -4.58. The maximum absolute atomic E-state index is 13.4. The first-order chi connectivity index (χ1) is 14.1. The minimum absolute atomic E-state index is 0.0240. The fourth-order valence-electron chi connectivity index (χ4n) is 2.91. The van der Waals surface area contributed by atoms with Crippen molar-refractivity contribution in [1.82, 2.24) is 0 Å². The first-order valence-corrected chi connectivity index (χ1v) is 9.30. The molecule has 1 fully saturated rings. The monoisotopic (exact) mass is 440 g/mol. The van der Waals surface area contributed by atoms with E-state index in [4.69, 9.17) is 10.5 Å². The number of carbonyl (C=O) groups excluding carboxylic acids is 2. The lowest BCUT2D eigenvalue weighted by Crippen LogP contribution is -2.36. The summed E-state index contributed by atoms with van der Waals surface area (Å²) in [7, 11) is 0. The van der Waals surface area contributed by atoms with Gasteiger partial charge in [0.25, 0.3) is 0 Å². The van der Waals surface area contributed by atoms with E-state index in [1.54, 1.807) is 4.90 Å². The van der Waals surface area contributed by atoms with Crippen molar-refractivity contribution in [2.45, 2.75) is 6.18 Å². The molecular formula is C19H19F3N4O3S. The second-order valence-corrected chi connectivity index (χ2v) is 6.92. The van der Waals surface area contributed by atoms with Crippen molar-refractivity contribution in [2.75, 3.05) is 40.8 Å². The van der Waals surface area contributed by atoms with Gasteiger partial charge in [0.05, 0.1) is 24.5 Å². The van der Waals surface area contributed by atoms with Crippen LogP contribution in [0.4, 0.5) is 35.0 Å². The highest BCUT2D eigenvalue weighted by Crippen LogP contribution is 2.35. The van der Waals surface area contributed by atoms with E-state index in [0.29, 0.717) is 37.7 Å². The summed E-state index contributed by atoms with van der Waals surface area (Å²) in [4.78, 5) is 25.4. The zero-order chi connectivity index (χ0) is 21.9. The van der Waals surface area contributed by atoms with Crippen LogP contribution in [0.25, 0.3) is 0 Å². The minimum Gasteiger partial charge on any atom is -0.378 e. The SMILES string of the molecule is NC(=O)c1ccc(N(S)C(=O)Nc2cc(N3CCOCC3)cc(C(F)(F)F)c2)cc1. The van der Waals surface area contributed by atoms with Gasteiger partial charge in [0, 0.05) is 30.0 Å². The molecule has 3 N–H and O–H groups in total. The Balaban J connectivity index is 1.83. The normalized spacial score (nSPS) is 14.3. The molecule has 0 unspecified atom stereocenters. The number of nitrogens with two attached hydrogens (primary N) is 1. The van der Waals surface area contributed by atoms with Crippen LogP contribution in [0.2, 0.25) is 0 Å². The van der Waals surface area contributed by atoms with Crippen molar-refractivity contribution >= 4 is 41.8 Å². The van der Waals surface area contributed by atoms with Crippen LogP contribution in [-0.4, -0.2) is 38.2 Å². The fraction of sp³-hybridized carbons (Fsp3) is 0.263. The molecule has 0 bridgehead atoms. The Morgan fingerprint density at radius 2 is 1.73 bits per heavy atom. The molecule has 1 heterocycles. The van der Waals surface area contributed by atoms with Gasteiger partial charge in [0.15, 0.2) is 0 Å². The maximum Gasteiger partial charge on any atom is 0.416 e. The third-order valence-corrected chi connectivity index (χ3v) is 4.87. The summed E-state index contributed by atoms with van der Waals surface area (Å²) in [5, 5.41) is 2.43. The van der Waals surface area contributed by atoms with Gasteiger partial charge in [-0.15, -0.1) is 0 Å². The number of alkyl halides is 3. The molecule has 11 heteroatoms. The molecule has 160 valence electrons. The summed E-state index contributed by atoms with van der Waals surface area (Å²) in [5.41, 5.74) is 5.16. The lowest BCUT2D eigenvalue weighted by atomic mass is 10.1. The Bertz CT molecular complexity index is 932. The fourth-order valence-corrected chi connectivity index (χ4v) is 3.10. The van der Waals surface area contributed by atoms with Gasteiger partial charge in [-0.05, 0) is 42.5 Å². The molecule has 3 rings (SSSR count). The standard InChI is InChI=1S/C19H19F3N4O3S/c20-19(21,22)13-9-14(11-16(10-13)25-5-7-29-8-6-25)24-18(28)26(30)15-3-1-12(2-4-15)17(23)27/h1-4,9-11,30H,5-8H2,(H2,23,27)(H,24,28). The quantitative estimate of drug-likeness (QED) is 0.635. The van der Waals surface area contributed by atoms with E-state index in [9.17, 15) is 22.8 Å². The number of amides is 3. The predicted molar refractivity (Wildman–Crippen MR) is 110 cm³/mol. The molecular weight excluding hydrogens is 421 g/mol. The number of hydrogen-bond acceptors (Lipinski definition) is 5. The molecule has 7 nitrogen and oxygen atoms in total. The number of anilines is 3. The smallest absolute Gasteiger partial charge is 0.378 e. The van der Waals surface area contributed by atoms with Crippen LogP contribution in [0.15, 0.2) is 42.5 Å². The van der Waals surface area contributed by atoms with Crippen molar-refractivity contribution < 1.29 is 27.5 Å². The van der Waals surface area contributed by atoms with E-state index in [1.165, 1.54) is 30.3 Å². The maximum atomic E-state index is 13.4. The first-order valence-electron chi connectivity index (χ1n) is 8.90. The van der Waals surface area contributed by atoms with Crippen LogP contribution in [0.1, 0.15) is 15.9 Å². The molecule has 0 spiro atoms. The van der Waals surface area contributed by atoms with Gasteiger partial charge in [0.2, 0.25) is 5.91 Å². The van der Waals surface area contributed by atoms with Crippen molar-refractivity contribution in [1.29, 1.82) is 0 Å². The molecule has 3 amide bonds. The molecule has 2 aromatic rings. The summed E-state index contributed by atoms with van der Waals surface area (Å²) in [6.45, 7) is 1.70. The van der Waals surface area contributed by atoms with Crippen molar-refractivity contribution in [3.8, 4) is 0 Å². The van der Waals surface area contributed by atoms with Gasteiger partial charge in [-0.3, -0.25) is 4.79 Å². The number of nitrogens with one attached hydrogen (secondary N) is 1. The average molecular weight is 440 g/mol. The molecule has 1 saturated heterocycles. The van der Waals surface area contributed by atoms with Gasteiger partial charge in [0.1, 0.15) is 0 Å². The molecule has 2 aromatic carbocycles. The number of rotatable bonds is 4. The van der Waals surface area contributed by atoms with E-state index >= 15 is 0 Å². The van der Waals surface area contributed by atoms with Crippen LogP contribution in [0, 0.1) is 0 Å². The third kappa shape index (κ3) is 5.16. The van der Waals surface area contributed by atoms with Crippen LogP contribution < -0.4 is 20.3 Å². The third-order valence-electron chi connectivity index (χ3n) is 4.46. The zero-order valence-corrected chi connectivity index (χ0v) is 16.5. The van der Waals surface area contributed by atoms with Gasteiger partial charge in [-0.25, -0.2) is 9.10 Å². The minimum atomic E-state index is -4.58.